The van der Waals surface area contributed by atoms with Crippen molar-refractivity contribution < 1.29 is 0 Å². The normalized spacial score (nSPS) is 15.2. The molecule has 0 radical (unpaired) electrons. The Kier molecular flexibility index (Phi) is 7.11. The Morgan fingerprint density at radius 2 is 2.07 bits per heavy atom. The van der Waals surface area contributed by atoms with E-state index < -0.39 is 0 Å². The van der Waals surface area contributed by atoms with Crippen LogP contribution in [0.5, 0.6) is 0 Å². The number of hydrogen-bond donors (Lipinski definition) is 1. The van der Waals surface area contributed by atoms with Crippen LogP contribution in [0.3, 0.4) is 0 Å². The zero-order chi connectivity index (χ0) is 20.7. The molecule has 0 saturated heterocycles. The number of hydrogen-bond acceptors (Lipinski definition) is 2. The molecule has 1 aliphatic heterocycles. The molecule has 28 heavy (non-hydrogen) atoms. The van der Waals surface area contributed by atoms with E-state index in [1.807, 2.05) is 32.1 Å². The van der Waals surface area contributed by atoms with Gasteiger partial charge in [0.1, 0.15) is 0 Å². The van der Waals surface area contributed by atoms with E-state index in [2.05, 4.69) is 55.2 Å². The lowest BCUT2D eigenvalue weighted by Crippen LogP contribution is -2.13. The number of aryl methyl sites for hydroxylation is 2. The lowest BCUT2D eigenvalue weighted by molar-refractivity contribution is 0.622. The summed E-state index contributed by atoms with van der Waals surface area (Å²) < 4.78 is 0. The number of pyridine rings is 1. The molecule has 1 aromatic rings. The summed E-state index contributed by atoms with van der Waals surface area (Å²) in [6, 6.07) is 1.68. The van der Waals surface area contributed by atoms with Crippen molar-refractivity contribution in [3.05, 3.63) is 100 Å². The van der Waals surface area contributed by atoms with Gasteiger partial charge in [0.15, 0.2) is 5.43 Å². The predicted molar refractivity (Wildman–Crippen MR) is 122 cm³/mol. The van der Waals surface area contributed by atoms with Crippen LogP contribution in [0.2, 0.25) is 0 Å². The molecule has 0 bridgehead atoms. The molecular weight excluding hydrogens is 344 g/mol. The molecule has 0 amide bonds. The van der Waals surface area contributed by atoms with Crippen LogP contribution in [0.1, 0.15) is 44.1 Å². The van der Waals surface area contributed by atoms with Gasteiger partial charge in [0, 0.05) is 40.2 Å². The minimum absolute atomic E-state index is 0.0319. The third kappa shape index (κ3) is 5.29. The van der Waals surface area contributed by atoms with Crippen molar-refractivity contribution in [2.24, 2.45) is 10.4 Å². The molecule has 2 rings (SSSR count). The van der Waals surface area contributed by atoms with Crippen molar-refractivity contribution >= 4 is 11.8 Å². The van der Waals surface area contributed by atoms with Gasteiger partial charge in [0.2, 0.25) is 0 Å². The number of aromatic amines is 1. The average Bonchev–Trinajstić information content (AvgIpc) is 2.90. The standard InChI is InChI=1S/C25H30N2O/c1-7-10-14-25(5,6)16-19(8-2)22-13-11-12-20(17-26-22)24-18(4)27-21(9-3)15-23(24)28/h7-8,10,12-17H,1-2,9,11H2,3-6H3,(H,27,28)/b14-10-,19-16+. The maximum absolute atomic E-state index is 12.6. The molecule has 1 N–H and O–H groups in total. The van der Waals surface area contributed by atoms with Gasteiger partial charge in [-0.05, 0) is 25.3 Å². The van der Waals surface area contributed by atoms with Crippen molar-refractivity contribution in [3.63, 3.8) is 0 Å². The number of H-pyrrole nitrogens is 1. The van der Waals surface area contributed by atoms with Gasteiger partial charge in [0.05, 0.1) is 5.70 Å². The van der Waals surface area contributed by atoms with Crippen molar-refractivity contribution in [1.29, 1.82) is 0 Å². The average molecular weight is 375 g/mol. The van der Waals surface area contributed by atoms with E-state index in [1.54, 1.807) is 18.4 Å². The highest BCUT2D eigenvalue weighted by Crippen LogP contribution is 2.27. The number of aromatic nitrogens is 1. The Labute approximate surface area is 168 Å². The third-order valence-corrected chi connectivity index (χ3v) is 4.64. The fourth-order valence-corrected chi connectivity index (χ4v) is 3.21. The summed E-state index contributed by atoms with van der Waals surface area (Å²) in [4.78, 5) is 20.6. The summed E-state index contributed by atoms with van der Waals surface area (Å²) in [5.74, 6) is 0. The quantitative estimate of drug-likeness (QED) is 0.596. The smallest absolute Gasteiger partial charge is 0.189 e. The molecule has 0 saturated carbocycles. The van der Waals surface area contributed by atoms with Gasteiger partial charge < -0.3 is 4.98 Å². The second-order valence-corrected chi connectivity index (χ2v) is 7.48. The first kappa shape index (κ1) is 21.4. The first-order chi connectivity index (χ1) is 13.3. The largest absolute Gasteiger partial charge is 0.362 e. The third-order valence-electron chi connectivity index (χ3n) is 4.64. The van der Waals surface area contributed by atoms with Crippen molar-refractivity contribution in [2.45, 2.75) is 40.5 Å². The van der Waals surface area contributed by atoms with Gasteiger partial charge in [-0.1, -0.05) is 76.5 Å². The Balaban J connectivity index is 2.37. The van der Waals surface area contributed by atoms with E-state index in [1.165, 1.54) is 0 Å². The molecular formula is C25H30N2O. The molecule has 0 aromatic carbocycles. The fourth-order valence-electron chi connectivity index (χ4n) is 3.21. The molecule has 0 spiro atoms. The number of aliphatic imine (C=N–C) groups is 1. The molecule has 0 fully saturated rings. The molecule has 2 heterocycles. The zero-order valence-electron chi connectivity index (χ0n) is 17.4. The van der Waals surface area contributed by atoms with E-state index in [4.69, 9.17) is 0 Å². The van der Waals surface area contributed by atoms with Crippen LogP contribution in [0.4, 0.5) is 0 Å². The van der Waals surface area contributed by atoms with Crippen molar-refractivity contribution in [1.82, 2.24) is 4.98 Å². The minimum atomic E-state index is -0.152. The highest BCUT2D eigenvalue weighted by Gasteiger charge is 2.15. The van der Waals surface area contributed by atoms with Crippen molar-refractivity contribution in [3.8, 4) is 0 Å². The SMILES string of the molecule is C=C/C=C\C(C)(C)/C=C(\C=C)C1=CCC=C(c2c(C)[nH]c(CC)cc2=O)C=N1. The number of nitrogens with one attached hydrogen (secondary N) is 1. The van der Waals surface area contributed by atoms with Crippen LogP contribution in [0, 0.1) is 12.3 Å². The molecule has 3 heteroatoms. The number of nitrogens with zero attached hydrogens (tertiary/aromatic N) is 1. The van der Waals surface area contributed by atoms with Gasteiger partial charge in [-0.15, -0.1) is 0 Å². The fraction of sp³-hybridized carbons (Fsp3) is 0.280. The van der Waals surface area contributed by atoms with Crippen LogP contribution in [-0.2, 0) is 6.42 Å². The van der Waals surface area contributed by atoms with Crippen molar-refractivity contribution in [2.75, 3.05) is 0 Å². The summed E-state index contributed by atoms with van der Waals surface area (Å²) in [5.41, 5.74) is 5.07. The van der Waals surface area contributed by atoms with Gasteiger partial charge in [-0.25, -0.2) is 0 Å². The van der Waals surface area contributed by atoms with Crippen LogP contribution in [0.15, 0.2) is 82.8 Å². The molecule has 0 atom stereocenters. The van der Waals surface area contributed by atoms with Crippen LogP contribution in [-0.4, -0.2) is 11.2 Å². The molecule has 0 aliphatic carbocycles. The maximum atomic E-state index is 12.6. The van der Waals surface area contributed by atoms with E-state index in [-0.39, 0.29) is 10.8 Å². The van der Waals surface area contributed by atoms with Gasteiger partial charge >= 0.3 is 0 Å². The molecule has 1 aliphatic rings. The number of rotatable bonds is 7. The summed E-state index contributed by atoms with van der Waals surface area (Å²) in [5, 5.41) is 0. The monoisotopic (exact) mass is 374 g/mol. The van der Waals surface area contributed by atoms with Crippen LogP contribution < -0.4 is 5.43 Å². The molecule has 0 unspecified atom stereocenters. The summed E-state index contributed by atoms with van der Waals surface area (Å²) in [6.07, 6.45) is 17.2. The lowest BCUT2D eigenvalue weighted by atomic mass is 9.89. The van der Waals surface area contributed by atoms with Gasteiger partial charge in [-0.3, -0.25) is 9.79 Å². The first-order valence-electron chi connectivity index (χ1n) is 9.64. The Hall–Kier alpha value is -2.94. The first-order valence-corrected chi connectivity index (χ1v) is 9.64. The topological polar surface area (TPSA) is 45.2 Å². The maximum Gasteiger partial charge on any atom is 0.189 e. The molecule has 3 nitrogen and oxygen atoms in total. The highest BCUT2D eigenvalue weighted by molar-refractivity contribution is 6.10. The summed E-state index contributed by atoms with van der Waals surface area (Å²) in [6.45, 7) is 15.9. The second-order valence-electron chi connectivity index (χ2n) is 7.48. The van der Waals surface area contributed by atoms with Crippen LogP contribution >= 0.6 is 0 Å². The predicted octanol–water partition coefficient (Wildman–Crippen LogP) is 5.87. The Morgan fingerprint density at radius 1 is 1.32 bits per heavy atom. The minimum Gasteiger partial charge on any atom is -0.362 e. The Morgan fingerprint density at radius 3 is 2.68 bits per heavy atom. The van der Waals surface area contributed by atoms with Crippen LogP contribution in [0.25, 0.3) is 5.57 Å². The van der Waals surface area contributed by atoms with E-state index in [0.717, 1.165) is 34.7 Å². The highest BCUT2D eigenvalue weighted by atomic mass is 16.1. The molecule has 1 aromatic heterocycles. The van der Waals surface area contributed by atoms with E-state index >= 15 is 0 Å². The van der Waals surface area contributed by atoms with Gasteiger partial charge in [0.25, 0.3) is 0 Å². The Bertz CT molecular complexity index is 963. The van der Waals surface area contributed by atoms with E-state index in [0.29, 0.717) is 12.0 Å². The second kappa shape index (κ2) is 9.32. The summed E-state index contributed by atoms with van der Waals surface area (Å²) in [7, 11) is 0. The zero-order valence-corrected chi connectivity index (χ0v) is 17.4. The number of allylic oxidation sites excluding steroid dienone is 8. The molecule has 146 valence electrons. The van der Waals surface area contributed by atoms with E-state index in [9.17, 15) is 4.79 Å². The van der Waals surface area contributed by atoms with Gasteiger partial charge in [-0.2, -0.15) is 0 Å². The summed E-state index contributed by atoms with van der Waals surface area (Å²) >= 11 is 0. The lowest BCUT2D eigenvalue weighted by Gasteiger charge is -2.17.